The van der Waals surface area contributed by atoms with Crippen molar-refractivity contribution in [1.29, 1.82) is 0 Å². The van der Waals surface area contributed by atoms with E-state index in [-0.39, 0.29) is 17.4 Å². The summed E-state index contributed by atoms with van der Waals surface area (Å²) in [6.07, 6.45) is 0. The molecule has 0 saturated carbocycles. The lowest BCUT2D eigenvalue weighted by Crippen LogP contribution is -1.89. The first-order valence-corrected chi connectivity index (χ1v) is 5.21. The van der Waals surface area contributed by atoms with Crippen LogP contribution < -0.4 is 5.30 Å². The van der Waals surface area contributed by atoms with Crippen molar-refractivity contribution in [2.75, 3.05) is 0 Å². The van der Waals surface area contributed by atoms with E-state index in [0.29, 0.717) is 0 Å². The highest BCUT2D eigenvalue weighted by atomic mass is 35.9. The van der Waals surface area contributed by atoms with Gasteiger partial charge in [-0.05, 0) is 0 Å². The summed E-state index contributed by atoms with van der Waals surface area (Å²) in [5.41, 5.74) is 0. The predicted molar refractivity (Wildman–Crippen MR) is 44.7 cm³/mol. The molecule has 9 heavy (non-hydrogen) atoms. The van der Waals surface area contributed by atoms with Crippen molar-refractivity contribution in [1.82, 2.24) is 0 Å². The fourth-order valence-corrected chi connectivity index (χ4v) is 1.12. The monoisotopic (exact) mass is 183 g/mol. The minimum atomic E-state index is -1.74. The predicted octanol–water partition coefficient (Wildman–Crippen LogP) is 3.10. The minimum Gasteiger partial charge on any atom is -0.0727 e. The summed E-state index contributed by atoms with van der Waals surface area (Å²) in [6, 6.07) is -1.90. The van der Waals surface area contributed by atoms with Crippen LogP contribution in [0.15, 0.2) is 30.2 Å². The van der Waals surface area contributed by atoms with Crippen LogP contribution in [0.3, 0.4) is 0 Å². The average molecular weight is 184 g/mol. The molecular formula is C6H5Cl2P. The minimum absolute atomic E-state index is 0.0191. The van der Waals surface area contributed by atoms with E-state index in [1.165, 1.54) is 0 Å². The first kappa shape index (κ1) is 3.09. The third kappa shape index (κ3) is 2.14. The Bertz CT molecular complexity index is 352. The summed E-state index contributed by atoms with van der Waals surface area (Å²) in [6.45, 7) is -1.74. The lowest BCUT2D eigenvalue weighted by molar-refractivity contribution is 1.78. The molecule has 0 unspecified atom stereocenters. The normalized spacial score (nSPS) is 17.9. The highest BCUT2D eigenvalue weighted by molar-refractivity contribution is 8.08. The Kier molecular flexibility index (Phi) is 1.17. The van der Waals surface area contributed by atoms with E-state index in [4.69, 9.17) is 29.3 Å². The molecule has 1 aromatic carbocycles. The molecule has 1 aromatic rings. The highest BCUT2D eigenvalue weighted by Crippen LogP contribution is 2.44. The molecular weight excluding hydrogens is 174 g/mol. The molecule has 0 saturated heterocycles. The number of benzene rings is 1. The molecule has 0 N–H and O–H groups in total. The summed E-state index contributed by atoms with van der Waals surface area (Å²) in [7, 11) is 0. The lowest BCUT2D eigenvalue weighted by Gasteiger charge is -1.96. The summed E-state index contributed by atoms with van der Waals surface area (Å²) < 4.78 is 36.8. The number of rotatable bonds is 1. The summed E-state index contributed by atoms with van der Waals surface area (Å²) >= 11 is 11.1. The van der Waals surface area contributed by atoms with Crippen LogP contribution in [0.25, 0.3) is 0 Å². The van der Waals surface area contributed by atoms with Gasteiger partial charge in [0.1, 0.15) is 6.63 Å². The van der Waals surface area contributed by atoms with Gasteiger partial charge in [0.05, 0.1) is 6.85 Å². The van der Waals surface area contributed by atoms with Crippen LogP contribution in [0.4, 0.5) is 0 Å². The fourth-order valence-electron chi connectivity index (χ4n) is 0.328. The average Bonchev–Trinajstić information content (AvgIpc) is 2.11. The van der Waals surface area contributed by atoms with Gasteiger partial charge in [-0.1, -0.05) is 52.7 Å². The van der Waals surface area contributed by atoms with Gasteiger partial charge in [0, 0.05) is 5.30 Å². The van der Waals surface area contributed by atoms with Gasteiger partial charge in [-0.15, -0.1) is 0 Å². The standard InChI is InChI=1S/C6H5Cl2P/c7-9(8)6-4-2-1-3-5-6/h1-5H/i1D,2D,3D,4D,5D. The molecule has 0 aromatic heterocycles. The second-order valence-electron chi connectivity index (χ2n) is 1.21. The third-order valence-corrected chi connectivity index (χ3v) is 2.23. The zero-order chi connectivity index (χ0) is 11.0. The van der Waals surface area contributed by atoms with Crippen molar-refractivity contribution >= 4 is 34.4 Å². The molecule has 0 amide bonds. The van der Waals surface area contributed by atoms with Crippen LogP contribution in [0.5, 0.6) is 0 Å². The zero-order valence-corrected chi connectivity index (χ0v) is 6.61. The summed E-state index contributed by atoms with van der Waals surface area (Å²) in [4.78, 5) is 0. The van der Waals surface area contributed by atoms with Crippen LogP contribution in [-0.4, -0.2) is 0 Å². The molecule has 0 aliphatic carbocycles. The molecule has 48 valence electrons. The van der Waals surface area contributed by atoms with Crippen molar-refractivity contribution in [3.8, 4) is 0 Å². The van der Waals surface area contributed by atoms with Crippen molar-refractivity contribution in [3.05, 3.63) is 30.2 Å². The molecule has 0 heterocycles. The van der Waals surface area contributed by atoms with Gasteiger partial charge < -0.3 is 0 Å². The zero-order valence-electron chi connectivity index (χ0n) is 9.20. The Hall–Kier alpha value is 0.230. The lowest BCUT2D eigenvalue weighted by atomic mass is 10.4. The van der Waals surface area contributed by atoms with Crippen LogP contribution >= 0.6 is 29.1 Å². The molecule has 0 atom stereocenters. The van der Waals surface area contributed by atoms with Gasteiger partial charge in [0.15, 0.2) is 0 Å². The van der Waals surface area contributed by atoms with E-state index in [9.17, 15) is 0 Å². The van der Waals surface area contributed by atoms with Gasteiger partial charge in [-0.3, -0.25) is 0 Å². The maximum absolute atomic E-state index is 7.44. The van der Waals surface area contributed by atoms with Gasteiger partial charge in [0.2, 0.25) is 0 Å². The van der Waals surface area contributed by atoms with Crippen molar-refractivity contribution < 1.29 is 6.85 Å². The molecule has 0 spiro atoms. The first-order valence-electron chi connectivity index (χ1n) is 4.56. The van der Waals surface area contributed by atoms with Gasteiger partial charge >= 0.3 is 0 Å². The molecule has 0 fully saturated rings. The van der Waals surface area contributed by atoms with Gasteiger partial charge in [-0.25, -0.2) is 0 Å². The van der Waals surface area contributed by atoms with Crippen molar-refractivity contribution in [3.63, 3.8) is 0 Å². The quantitative estimate of drug-likeness (QED) is 0.588. The van der Waals surface area contributed by atoms with E-state index < -0.39 is 24.8 Å². The van der Waals surface area contributed by atoms with E-state index >= 15 is 0 Å². The second-order valence-corrected chi connectivity index (χ2v) is 4.67. The fraction of sp³-hybridized carbons (Fsp3) is 0. The van der Waals surface area contributed by atoms with Gasteiger partial charge in [0.25, 0.3) is 0 Å². The number of hydrogen-bond donors (Lipinski definition) is 0. The van der Waals surface area contributed by atoms with Gasteiger partial charge in [-0.2, -0.15) is 0 Å². The van der Waals surface area contributed by atoms with E-state index in [1.54, 1.807) is 0 Å². The third-order valence-electron chi connectivity index (χ3n) is 0.656. The van der Waals surface area contributed by atoms with E-state index in [0.717, 1.165) is 0 Å². The first-order chi connectivity index (χ1) is 6.37. The SMILES string of the molecule is [2H]c1c([2H])c([2H])c(P(Cl)Cl)c([2H])c1[2H]. The Balaban J connectivity index is 3.60. The highest BCUT2D eigenvalue weighted by Gasteiger charge is 1.99. The smallest absolute Gasteiger partial charge is 0.0727 e. The molecule has 3 heteroatoms. The molecule has 0 aliphatic rings. The van der Waals surface area contributed by atoms with Crippen molar-refractivity contribution in [2.45, 2.75) is 0 Å². The Morgan fingerprint density at radius 1 is 1.22 bits per heavy atom. The molecule has 0 aliphatic heterocycles. The maximum Gasteiger partial charge on any atom is 0.116 e. The second kappa shape index (κ2) is 3.41. The molecule has 0 radical (unpaired) electrons. The van der Waals surface area contributed by atoms with Crippen LogP contribution in [0.2, 0.25) is 0 Å². The number of halogens is 2. The van der Waals surface area contributed by atoms with Crippen molar-refractivity contribution in [2.24, 2.45) is 0 Å². The Morgan fingerprint density at radius 3 is 2.22 bits per heavy atom. The number of hydrogen-bond acceptors (Lipinski definition) is 0. The molecule has 1 rings (SSSR count). The van der Waals surface area contributed by atoms with Crippen LogP contribution in [-0.2, 0) is 0 Å². The maximum atomic E-state index is 7.44. The largest absolute Gasteiger partial charge is 0.116 e. The Labute approximate surface area is 72.1 Å². The van der Waals surface area contributed by atoms with Crippen LogP contribution in [0, 0.1) is 0 Å². The van der Waals surface area contributed by atoms with E-state index in [2.05, 4.69) is 0 Å². The summed E-state index contributed by atoms with van der Waals surface area (Å²) in [5, 5.41) is -0.0191. The molecule has 0 nitrogen and oxygen atoms in total. The van der Waals surface area contributed by atoms with Crippen LogP contribution in [0.1, 0.15) is 6.85 Å². The Morgan fingerprint density at radius 2 is 1.78 bits per heavy atom. The molecule has 0 bridgehead atoms. The topological polar surface area (TPSA) is 0 Å². The van der Waals surface area contributed by atoms with E-state index in [1.807, 2.05) is 0 Å². The summed E-state index contributed by atoms with van der Waals surface area (Å²) in [5.74, 6) is 0.